The Morgan fingerprint density at radius 3 is 2.20 bits per heavy atom. The molecule has 40 heavy (non-hydrogen) atoms. The van der Waals surface area contributed by atoms with Gasteiger partial charge in [-0.2, -0.15) is 0 Å². The van der Waals surface area contributed by atoms with Gasteiger partial charge in [-0.1, -0.05) is 60.5 Å². The second kappa shape index (κ2) is 13.7. The molecule has 0 aromatic heterocycles. The van der Waals surface area contributed by atoms with Gasteiger partial charge in [-0.25, -0.2) is 8.42 Å². The summed E-state index contributed by atoms with van der Waals surface area (Å²) in [5.74, 6) is -0.594. The van der Waals surface area contributed by atoms with Crippen LogP contribution in [-0.4, -0.2) is 50.9 Å². The third-order valence-corrected chi connectivity index (χ3v) is 8.70. The third-order valence-electron chi connectivity index (χ3n) is 6.68. The molecule has 0 saturated carbocycles. The molecule has 3 aromatic rings. The Hall–Kier alpha value is -3.56. The molecule has 0 radical (unpaired) electrons. The fourth-order valence-electron chi connectivity index (χ4n) is 4.02. The maximum absolute atomic E-state index is 14.0. The van der Waals surface area contributed by atoms with Crippen LogP contribution in [0, 0.1) is 6.92 Å². The molecule has 0 saturated heterocycles. The van der Waals surface area contributed by atoms with Crippen molar-refractivity contribution in [2.45, 2.75) is 57.6 Å². The number of hydrogen-bond acceptors (Lipinski definition) is 5. The van der Waals surface area contributed by atoms with Crippen molar-refractivity contribution in [3.05, 3.63) is 88.9 Å². The molecule has 0 heterocycles. The number of para-hydroxylation sites is 2. The lowest BCUT2D eigenvalue weighted by Gasteiger charge is -2.32. The molecule has 1 N–H and O–H groups in total. The summed E-state index contributed by atoms with van der Waals surface area (Å²) in [6, 6.07) is 19.0. The molecular weight excluding hydrogens is 550 g/mol. The van der Waals surface area contributed by atoms with Gasteiger partial charge in [0.2, 0.25) is 11.8 Å². The molecule has 0 bridgehead atoms. The Balaban J connectivity index is 2.06. The highest BCUT2D eigenvalue weighted by Crippen LogP contribution is 2.32. The zero-order valence-corrected chi connectivity index (χ0v) is 25.0. The molecule has 2 amide bonds. The summed E-state index contributed by atoms with van der Waals surface area (Å²) in [7, 11) is -2.76. The molecule has 8 nitrogen and oxygen atoms in total. The van der Waals surface area contributed by atoms with Gasteiger partial charge < -0.3 is 15.0 Å². The lowest BCUT2D eigenvalue weighted by atomic mass is 10.1. The van der Waals surface area contributed by atoms with Crippen LogP contribution in [0.3, 0.4) is 0 Å². The minimum absolute atomic E-state index is 0.0311. The van der Waals surface area contributed by atoms with E-state index < -0.39 is 28.5 Å². The molecule has 0 fully saturated rings. The molecule has 0 aliphatic rings. The Morgan fingerprint density at radius 1 is 0.975 bits per heavy atom. The van der Waals surface area contributed by atoms with Crippen molar-refractivity contribution in [3.63, 3.8) is 0 Å². The average Bonchev–Trinajstić information content (AvgIpc) is 2.95. The second-order valence-corrected chi connectivity index (χ2v) is 11.9. The average molecular weight is 586 g/mol. The maximum atomic E-state index is 14.0. The normalized spacial score (nSPS) is 12.8. The van der Waals surface area contributed by atoms with Crippen LogP contribution in [0.5, 0.6) is 5.75 Å². The summed E-state index contributed by atoms with van der Waals surface area (Å²) < 4.78 is 34.4. The molecule has 10 heteroatoms. The monoisotopic (exact) mass is 585 g/mol. The molecule has 0 unspecified atom stereocenters. The van der Waals surface area contributed by atoms with Crippen molar-refractivity contribution in [2.24, 2.45) is 0 Å². The van der Waals surface area contributed by atoms with Gasteiger partial charge in [0.15, 0.2) is 0 Å². The van der Waals surface area contributed by atoms with Crippen molar-refractivity contribution >= 4 is 39.1 Å². The predicted molar refractivity (Wildman–Crippen MR) is 158 cm³/mol. The molecule has 214 valence electrons. The van der Waals surface area contributed by atoms with E-state index >= 15 is 0 Å². The number of anilines is 1. The van der Waals surface area contributed by atoms with E-state index in [1.807, 2.05) is 20.8 Å². The molecular formula is C30H36ClN3O5S. The Labute approximate surface area is 241 Å². The van der Waals surface area contributed by atoms with Gasteiger partial charge in [0, 0.05) is 17.6 Å². The summed E-state index contributed by atoms with van der Waals surface area (Å²) in [6.45, 7) is 6.85. The highest BCUT2D eigenvalue weighted by molar-refractivity contribution is 7.92. The second-order valence-electron chi connectivity index (χ2n) is 9.64. The lowest BCUT2D eigenvalue weighted by Crippen LogP contribution is -2.52. The van der Waals surface area contributed by atoms with Gasteiger partial charge in [-0.3, -0.25) is 13.9 Å². The van der Waals surface area contributed by atoms with Crippen LogP contribution in [0.25, 0.3) is 0 Å². The van der Waals surface area contributed by atoms with Crippen LogP contribution >= 0.6 is 11.6 Å². The summed E-state index contributed by atoms with van der Waals surface area (Å²) in [4.78, 5) is 28.5. The van der Waals surface area contributed by atoms with Gasteiger partial charge >= 0.3 is 0 Å². The number of carbonyl (C=O) groups excluding carboxylic acids is 2. The van der Waals surface area contributed by atoms with E-state index in [0.717, 1.165) is 21.9 Å². The van der Waals surface area contributed by atoms with Crippen LogP contribution in [0.1, 0.15) is 38.3 Å². The topological polar surface area (TPSA) is 96.0 Å². The molecule has 0 aliphatic heterocycles. The third kappa shape index (κ3) is 7.55. The van der Waals surface area contributed by atoms with Gasteiger partial charge in [-0.05, 0) is 69.2 Å². The van der Waals surface area contributed by atoms with Crippen molar-refractivity contribution in [2.75, 3.05) is 18.0 Å². The van der Waals surface area contributed by atoms with E-state index in [-0.39, 0.29) is 34.8 Å². The fraction of sp³-hybridized carbons (Fsp3) is 0.333. The van der Waals surface area contributed by atoms with E-state index in [1.165, 1.54) is 24.1 Å². The molecule has 3 aromatic carbocycles. The molecule has 0 aliphatic carbocycles. The number of hydrogen-bond donors (Lipinski definition) is 1. The number of ether oxygens (including phenoxy) is 1. The number of rotatable bonds is 12. The first-order valence-electron chi connectivity index (χ1n) is 13.0. The van der Waals surface area contributed by atoms with Crippen LogP contribution in [0.4, 0.5) is 5.69 Å². The number of amides is 2. The Bertz CT molecular complexity index is 1410. The Kier molecular flexibility index (Phi) is 10.6. The summed E-state index contributed by atoms with van der Waals surface area (Å²) in [6.07, 6.45) is 0.722. The summed E-state index contributed by atoms with van der Waals surface area (Å²) >= 11 is 6.05. The van der Waals surface area contributed by atoms with Crippen molar-refractivity contribution in [1.82, 2.24) is 10.2 Å². The van der Waals surface area contributed by atoms with Crippen LogP contribution in [0.2, 0.25) is 5.02 Å². The minimum atomic E-state index is -4.19. The van der Waals surface area contributed by atoms with Gasteiger partial charge in [0.05, 0.1) is 17.7 Å². The quantitative estimate of drug-likeness (QED) is 0.316. The first-order chi connectivity index (χ1) is 19.0. The zero-order chi connectivity index (χ0) is 29.4. The molecule has 0 spiro atoms. The van der Waals surface area contributed by atoms with Crippen molar-refractivity contribution in [1.29, 1.82) is 0 Å². The van der Waals surface area contributed by atoms with E-state index in [0.29, 0.717) is 5.02 Å². The number of sulfonamides is 1. The smallest absolute Gasteiger partial charge is 0.264 e. The first-order valence-corrected chi connectivity index (χ1v) is 14.9. The highest BCUT2D eigenvalue weighted by atomic mass is 35.5. The number of benzene rings is 3. The van der Waals surface area contributed by atoms with E-state index in [1.54, 1.807) is 67.6 Å². The SMILES string of the molecule is CC[C@H](C)NC(=O)[C@H](C)N(Cc1ccc(Cl)cc1)C(=O)CN(c1ccccc1OC)S(=O)(=O)c1ccc(C)cc1. The number of nitrogens with zero attached hydrogens (tertiary/aromatic N) is 2. The molecule has 2 atom stereocenters. The van der Waals surface area contributed by atoms with Crippen LogP contribution in [-0.2, 0) is 26.2 Å². The van der Waals surface area contributed by atoms with E-state index in [4.69, 9.17) is 16.3 Å². The van der Waals surface area contributed by atoms with E-state index in [9.17, 15) is 18.0 Å². The highest BCUT2D eigenvalue weighted by Gasteiger charge is 2.34. The van der Waals surface area contributed by atoms with E-state index in [2.05, 4.69) is 5.32 Å². The van der Waals surface area contributed by atoms with Gasteiger partial charge in [0.1, 0.15) is 18.3 Å². The number of nitrogens with one attached hydrogen (secondary N) is 1. The maximum Gasteiger partial charge on any atom is 0.264 e. The minimum Gasteiger partial charge on any atom is -0.495 e. The van der Waals surface area contributed by atoms with Gasteiger partial charge in [0.25, 0.3) is 10.0 Å². The number of methoxy groups -OCH3 is 1. The van der Waals surface area contributed by atoms with Crippen molar-refractivity contribution in [3.8, 4) is 5.75 Å². The zero-order valence-electron chi connectivity index (χ0n) is 23.4. The molecule has 3 rings (SSSR count). The summed E-state index contributed by atoms with van der Waals surface area (Å²) in [5.41, 5.74) is 1.85. The first kappa shape index (κ1) is 31.0. The standard InChI is InChI=1S/C30H36ClN3O5S/c1-6-22(3)32-30(36)23(4)33(19-24-13-15-25(31)16-14-24)29(35)20-34(27-9-7-8-10-28(27)39-5)40(37,38)26-17-11-21(2)12-18-26/h7-18,22-23H,6,19-20H2,1-5H3,(H,32,36)/t22-,23-/m0/s1. The Morgan fingerprint density at radius 2 is 1.60 bits per heavy atom. The number of carbonyl (C=O) groups is 2. The fourth-order valence-corrected chi connectivity index (χ4v) is 5.57. The predicted octanol–water partition coefficient (Wildman–Crippen LogP) is 5.18. The van der Waals surface area contributed by atoms with Crippen LogP contribution in [0.15, 0.2) is 77.7 Å². The number of halogens is 1. The number of aryl methyl sites for hydroxylation is 1. The van der Waals surface area contributed by atoms with Crippen molar-refractivity contribution < 1.29 is 22.7 Å². The van der Waals surface area contributed by atoms with Gasteiger partial charge in [-0.15, -0.1) is 0 Å². The largest absolute Gasteiger partial charge is 0.495 e. The van der Waals surface area contributed by atoms with Crippen LogP contribution < -0.4 is 14.4 Å². The lowest BCUT2D eigenvalue weighted by molar-refractivity contribution is -0.139. The summed E-state index contributed by atoms with van der Waals surface area (Å²) in [5, 5.41) is 3.46.